The standard InChI is InChI=1S/C18H22ClN5O4S/c19-10-4-6-29-12(10)3-1-2-5-20-16-13-17(22-8-21-16)24(9-23-13)18-15(27)14(26)11(7-25)28-18/h4,6,8-9,11,14-15,18,25-27H,1-3,5,7H2,(H,20,21,22)/p+1/t11-,14-,15-,18-/m1/s1. The number of aromatic amines is 1. The second-order valence-electron chi connectivity index (χ2n) is 6.91. The summed E-state index contributed by atoms with van der Waals surface area (Å²) in [6.45, 7) is 0.359. The van der Waals surface area contributed by atoms with Gasteiger partial charge in [0.1, 0.15) is 18.3 Å². The summed E-state index contributed by atoms with van der Waals surface area (Å²) in [5, 5.41) is 35.7. The third-order valence-electron chi connectivity index (χ3n) is 5.03. The zero-order chi connectivity index (χ0) is 20.4. The number of halogens is 1. The molecule has 0 amide bonds. The molecule has 9 nitrogen and oxygen atoms in total. The first kappa shape index (κ1) is 20.5. The van der Waals surface area contributed by atoms with E-state index in [0.717, 1.165) is 30.8 Å². The fourth-order valence-electron chi connectivity index (χ4n) is 3.46. The fourth-order valence-corrected chi connectivity index (χ4v) is 4.64. The third-order valence-corrected chi connectivity index (χ3v) is 6.47. The molecule has 0 aliphatic carbocycles. The zero-order valence-electron chi connectivity index (χ0n) is 15.5. The van der Waals surface area contributed by atoms with Crippen molar-refractivity contribution < 1.29 is 24.6 Å². The summed E-state index contributed by atoms with van der Waals surface area (Å²) in [5.41, 5.74) is 1.20. The van der Waals surface area contributed by atoms with Gasteiger partial charge < -0.3 is 25.4 Å². The number of rotatable bonds is 8. The van der Waals surface area contributed by atoms with Crippen molar-refractivity contribution in [2.45, 2.75) is 43.8 Å². The first-order valence-corrected chi connectivity index (χ1v) is 10.7. The summed E-state index contributed by atoms with van der Waals surface area (Å²) in [4.78, 5) is 12.9. The zero-order valence-corrected chi connectivity index (χ0v) is 17.1. The van der Waals surface area contributed by atoms with Gasteiger partial charge >= 0.3 is 5.65 Å². The Morgan fingerprint density at radius 2 is 2.14 bits per heavy atom. The molecule has 1 saturated heterocycles. The van der Waals surface area contributed by atoms with Crippen molar-refractivity contribution in [3.05, 3.63) is 34.0 Å². The summed E-state index contributed by atoms with van der Waals surface area (Å²) in [6.07, 6.45) is 1.92. The summed E-state index contributed by atoms with van der Waals surface area (Å²) in [5.74, 6) is 0.648. The minimum Gasteiger partial charge on any atom is -0.394 e. The monoisotopic (exact) mass is 440 g/mol. The van der Waals surface area contributed by atoms with Crippen molar-refractivity contribution in [3.63, 3.8) is 0 Å². The highest BCUT2D eigenvalue weighted by Crippen LogP contribution is 2.27. The number of aryl methyl sites for hydroxylation is 1. The normalized spacial score (nSPS) is 24.4. The first-order valence-electron chi connectivity index (χ1n) is 9.41. The molecule has 1 aliphatic rings. The number of aliphatic hydroxyl groups excluding tert-OH is 3. The van der Waals surface area contributed by atoms with Crippen molar-refractivity contribution in [3.8, 4) is 0 Å². The van der Waals surface area contributed by atoms with E-state index >= 15 is 0 Å². The van der Waals surface area contributed by atoms with E-state index in [9.17, 15) is 15.3 Å². The Labute approximate surface area is 176 Å². The van der Waals surface area contributed by atoms with Gasteiger partial charge in [-0.3, -0.25) is 4.98 Å². The van der Waals surface area contributed by atoms with Gasteiger partial charge in [0.25, 0.3) is 0 Å². The summed E-state index contributed by atoms with van der Waals surface area (Å²) in [6, 6.07) is 1.92. The van der Waals surface area contributed by atoms with Crippen LogP contribution in [0.5, 0.6) is 0 Å². The smallest absolute Gasteiger partial charge is 0.309 e. The molecule has 0 bridgehead atoms. The molecular formula is C18H23ClN5O4S+. The van der Waals surface area contributed by atoms with E-state index in [1.165, 1.54) is 11.2 Å². The number of nitrogens with zero attached hydrogens (tertiary/aromatic N) is 3. The molecule has 3 aromatic heterocycles. The first-order chi connectivity index (χ1) is 14.1. The maximum Gasteiger partial charge on any atom is 0.309 e. The van der Waals surface area contributed by atoms with Crippen LogP contribution in [0.2, 0.25) is 5.02 Å². The van der Waals surface area contributed by atoms with Gasteiger partial charge in [0, 0.05) is 11.4 Å². The summed E-state index contributed by atoms with van der Waals surface area (Å²) >= 11 is 7.80. The van der Waals surface area contributed by atoms with Gasteiger partial charge in [0.05, 0.1) is 11.6 Å². The van der Waals surface area contributed by atoms with Gasteiger partial charge in [0.15, 0.2) is 18.5 Å². The quantitative estimate of drug-likeness (QED) is 0.261. The second-order valence-corrected chi connectivity index (χ2v) is 8.31. The van der Waals surface area contributed by atoms with Gasteiger partial charge in [0.2, 0.25) is 11.7 Å². The Bertz CT molecular complexity index is 967. The molecule has 29 heavy (non-hydrogen) atoms. The van der Waals surface area contributed by atoms with Crippen LogP contribution in [0.15, 0.2) is 24.1 Å². The van der Waals surface area contributed by atoms with Crippen LogP contribution in [0, 0.1) is 0 Å². The Balaban J connectivity index is 1.40. The van der Waals surface area contributed by atoms with Crippen LogP contribution in [-0.2, 0) is 11.2 Å². The largest absolute Gasteiger partial charge is 0.394 e. The molecule has 0 saturated carbocycles. The molecule has 5 N–H and O–H groups in total. The third kappa shape index (κ3) is 4.09. The van der Waals surface area contributed by atoms with Crippen LogP contribution >= 0.6 is 22.9 Å². The van der Waals surface area contributed by atoms with Crippen molar-refractivity contribution in [1.29, 1.82) is 0 Å². The highest BCUT2D eigenvalue weighted by Gasteiger charge is 2.46. The van der Waals surface area contributed by atoms with E-state index in [2.05, 4.69) is 20.3 Å². The summed E-state index contributed by atoms with van der Waals surface area (Å²) in [7, 11) is 0. The minimum absolute atomic E-state index is 0.379. The Kier molecular flexibility index (Phi) is 6.28. The maximum atomic E-state index is 10.3. The number of fused-ring (bicyclic) bond motifs is 1. The van der Waals surface area contributed by atoms with Crippen LogP contribution in [0.1, 0.15) is 23.9 Å². The molecule has 11 heteroatoms. The molecule has 0 unspecified atom stereocenters. The van der Waals surface area contributed by atoms with Gasteiger partial charge in [-0.1, -0.05) is 16.6 Å². The van der Waals surface area contributed by atoms with Crippen LogP contribution < -0.4 is 9.88 Å². The molecule has 4 rings (SSSR count). The molecule has 1 fully saturated rings. The number of nitrogens with one attached hydrogen (secondary N) is 2. The van der Waals surface area contributed by atoms with Crippen molar-refractivity contribution >= 4 is 39.9 Å². The number of H-pyrrole nitrogens is 1. The van der Waals surface area contributed by atoms with Crippen LogP contribution in [0.25, 0.3) is 11.2 Å². The van der Waals surface area contributed by atoms with Gasteiger partial charge in [-0.05, 0) is 30.7 Å². The van der Waals surface area contributed by atoms with E-state index < -0.39 is 24.5 Å². The molecule has 0 aromatic carbocycles. The number of aromatic nitrogens is 4. The SMILES string of the molecule is OC[C@H]1O[C@@H]([n+]2c[nH]c3c(NCCCCc4sccc4Cl)ncnc32)[C@H](O)[C@@H]1O. The lowest BCUT2D eigenvalue weighted by Crippen LogP contribution is -2.45. The lowest BCUT2D eigenvalue weighted by Gasteiger charge is -2.12. The van der Waals surface area contributed by atoms with E-state index in [1.807, 2.05) is 11.4 Å². The molecular weight excluding hydrogens is 418 g/mol. The topological polar surface area (TPSA) is 127 Å². The molecule has 4 atom stereocenters. The van der Waals surface area contributed by atoms with Crippen LogP contribution in [-0.4, -0.2) is 61.7 Å². The van der Waals surface area contributed by atoms with E-state index in [-0.39, 0.29) is 6.61 Å². The number of unbranched alkanes of at least 4 members (excludes halogenated alkanes) is 1. The fraction of sp³-hybridized carbons (Fsp3) is 0.500. The van der Waals surface area contributed by atoms with E-state index in [1.54, 1.807) is 22.2 Å². The molecule has 0 spiro atoms. The Morgan fingerprint density at radius 1 is 1.28 bits per heavy atom. The van der Waals surface area contributed by atoms with Gasteiger partial charge in [-0.15, -0.1) is 11.3 Å². The molecule has 0 radical (unpaired) electrons. The lowest BCUT2D eigenvalue weighted by molar-refractivity contribution is -0.745. The van der Waals surface area contributed by atoms with Gasteiger partial charge in [-0.2, -0.15) is 4.98 Å². The average molecular weight is 441 g/mol. The number of hydrogen-bond donors (Lipinski definition) is 5. The molecule has 156 valence electrons. The van der Waals surface area contributed by atoms with E-state index in [4.69, 9.17) is 16.3 Å². The number of ether oxygens (including phenoxy) is 1. The Morgan fingerprint density at radius 3 is 2.86 bits per heavy atom. The summed E-state index contributed by atoms with van der Waals surface area (Å²) < 4.78 is 7.19. The number of aliphatic hydroxyl groups is 3. The predicted molar refractivity (Wildman–Crippen MR) is 108 cm³/mol. The predicted octanol–water partition coefficient (Wildman–Crippen LogP) is 1.01. The highest BCUT2D eigenvalue weighted by molar-refractivity contribution is 7.10. The highest BCUT2D eigenvalue weighted by atomic mass is 35.5. The average Bonchev–Trinajstić information content (AvgIpc) is 3.41. The number of imidazole rings is 1. The number of thiophene rings is 1. The number of anilines is 1. The number of hydrogen-bond acceptors (Lipinski definition) is 8. The molecule has 1 aliphatic heterocycles. The second kappa shape index (κ2) is 8.90. The van der Waals surface area contributed by atoms with Crippen LogP contribution in [0.4, 0.5) is 5.82 Å². The van der Waals surface area contributed by atoms with Gasteiger partial charge in [-0.25, -0.2) is 4.57 Å². The molecule has 4 heterocycles. The Hall–Kier alpha value is -1.82. The van der Waals surface area contributed by atoms with Crippen LogP contribution in [0.3, 0.4) is 0 Å². The minimum atomic E-state index is -1.17. The van der Waals surface area contributed by atoms with Crippen molar-refractivity contribution in [2.24, 2.45) is 0 Å². The van der Waals surface area contributed by atoms with Crippen molar-refractivity contribution in [1.82, 2.24) is 15.0 Å². The van der Waals surface area contributed by atoms with E-state index in [0.29, 0.717) is 17.0 Å². The lowest BCUT2D eigenvalue weighted by atomic mass is 10.1. The molecule has 3 aromatic rings. The van der Waals surface area contributed by atoms with Crippen molar-refractivity contribution in [2.75, 3.05) is 18.5 Å². The maximum absolute atomic E-state index is 10.3.